The highest BCUT2D eigenvalue weighted by Crippen LogP contribution is 2.17. The first-order chi connectivity index (χ1) is 8.26. The van der Waals surface area contributed by atoms with Gasteiger partial charge in [-0.2, -0.15) is 0 Å². The van der Waals surface area contributed by atoms with E-state index in [4.69, 9.17) is 4.74 Å². The van der Waals surface area contributed by atoms with Crippen LogP contribution in [0, 0.1) is 0 Å². The molecule has 0 bridgehead atoms. The Morgan fingerprint density at radius 2 is 1.82 bits per heavy atom. The molecule has 1 unspecified atom stereocenters. The van der Waals surface area contributed by atoms with Gasteiger partial charge in [0.1, 0.15) is 5.75 Å². The average Bonchev–Trinajstić information content (AvgIpc) is 2.32. The van der Waals surface area contributed by atoms with Crippen molar-refractivity contribution in [3.05, 3.63) is 24.3 Å². The molecule has 0 aromatic heterocycles. The Morgan fingerprint density at radius 1 is 1.12 bits per heavy atom. The van der Waals surface area contributed by atoms with E-state index in [9.17, 15) is 0 Å². The Hall–Kier alpha value is -1.18. The lowest BCUT2D eigenvalue weighted by Gasteiger charge is -2.14. The van der Waals surface area contributed by atoms with Crippen LogP contribution in [0.25, 0.3) is 0 Å². The molecule has 1 aromatic carbocycles. The summed E-state index contributed by atoms with van der Waals surface area (Å²) < 4.78 is 5.63. The first-order valence-electron chi connectivity index (χ1n) is 6.75. The summed E-state index contributed by atoms with van der Waals surface area (Å²) in [5, 5.41) is 3.48. The van der Waals surface area contributed by atoms with Crippen LogP contribution in [-0.2, 0) is 0 Å². The van der Waals surface area contributed by atoms with Crippen LogP contribution in [0.5, 0.6) is 5.75 Å². The topological polar surface area (TPSA) is 21.3 Å². The number of unbranched alkanes of at least 4 members (excludes halogenated alkanes) is 1. The normalized spacial score (nSPS) is 12.2. The molecule has 2 heteroatoms. The van der Waals surface area contributed by atoms with Crippen LogP contribution in [0.15, 0.2) is 24.3 Å². The van der Waals surface area contributed by atoms with Crippen molar-refractivity contribution in [1.29, 1.82) is 0 Å². The molecule has 0 amide bonds. The quantitative estimate of drug-likeness (QED) is 0.671. The van der Waals surface area contributed by atoms with Crippen LogP contribution >= 0.6 is 0 Å². The van der Waals surface area contributed by atoms with Gasteiger partial charge in [-0.1, -0.05) is 26.7 Å². The van der Waals surface area contributed by atoms with Gasteiger partial charge in [-0.05, 0) is 44.0 Å². The Kier molecular flexibility index (Phi) is 6.53. The van der Waals surface area contributed by atoms with E-state index < -0.39 is 0 Å². The zero-order valence-corrected chi connectivity index (χ0v) is 11.3. The lowest BCUT2D eigenvalue weighted by Crippen LogP contribution is -2.14. The van der Waals surface area contributed by atoms with Crippen LogP contribution in [0.3, 0.4) is 0 Å². The Morgan fingerprint density at radius 3 is 2.41 bits per heavy atom. The van der Waals surface area contributed by atoms with Gasteiger partial charge in [-0.25, -0.2) is 0 Å². The van der Waals surface area contributed by atoms with Gasteiger partial charge in [0.05, 0.1) is 6.61 Å². The van der Waals surface area contributed by atoms with Gasteiger partial charge in [0.15, 0.2) is 0 Å². The largest absolute Gasteiger partial charge is 0.494 e. The summed E-state index contributed by atoms with van der Waals surface area (Å²) in [5.41, 5.74) is 1.17. The van der Waals surface area contributed by atoms with Crippen molar-refractivity contribution in [2.24, 2.45) is 0 Å². The third kappa shape index (κ3) is 5.62. The summed E-state index contributed by atoms with van der Waals surface area (Å²) in [6, 6.07) is 8.79. The van der Waals surface area contributed by atoms with Gasteiger partial charge in [0.25, 0.3) is 0 Å². The standard InChI is InChI=1S/C15H25NO/c1-4-6-12-17-15-10-8-14(9-11-15)16-13(3)7-5-2/h8-11,13,16H,4-7,12H2,1-3H3. The highest BCUT2D eigenvalue weighted by molar-refractivity contribution is 5.46. The maximum atomic E-state index is 5.63. The van der Waals surface area contributed by atoms with Gasteiger partial charge in [-0.15, -0.1) is 0 Å². The van der Waals surface area contributed by atoms with E-state index in [2.05, 4.69) is 38.2 Å². The molecular weight excluding hydrogens is 210 g/mol. The number of anilines is 1. The maximum Gasteiger partial charge on any atom is 0.119 e. The predicted octanol–water partition coefficient (Wildman–Crippen LogP) is 4.47. The second-order valence-corrected chi connectivity index (χ2v) is 4.56. The minimum Gasteiger partial charge on any atom is -0.494 e. The average molecular weight is 235 g/mol. The fourth-order valence-electron chi connectivity index (χ4n) is 1.77. The number of hydrogen-bond acceptors (Lipinski definition) is 2. The van der Waals surface area contributed by atoms with Crippen molar-refractivity contribution in [2.45, 2.75) is 52.5 Å². The van der Waals surface area contributed by atoms with Crippen molar-refractivity contribution >= 4 is 5.69 Å². The first-order valence-corrected chi connectivity index (χ1v) is 6.75. The predicted molar refractivity (Wildman–Crippen MR) is 74.8 cm³/mol. The maximum absolute atomic E-state index is 5.63. The highest BCUT2D eigenvalue weighted by Gasteiger charge is 2.00. The molecule has 17 heavy (non-hydrogen) atoms. The van der Waals surface area contributed by atoms with Crippen LogP contribution in [-0.4, -0.2) is 12.6 Å². The minimum absolute atomic E-state index is 0.534. The van der Waals surface area contributed by atoms with Crippen molar-refractivity contribution < 1.29 is 4.74 Å². The molecule has 0 radical (unpaired) electrons. The van der Waals surface area contributed by atoms with Crippen molar-refractivity contribution in [3.63, 3.8) is 0 Å². The number of rotatable bonds is 8. The first kappa shape index (κ1) is 13.9. The molecule has 0 saturated heterocycles. The van der Waals surface area contributed by atoms with Crippen LogP contribution in [0.4, 0.5) is 5.69 Å². The van der Waals surface area contributed by atoms with E-state index in [1.54, 1.807) is 0 Å². The SMILES string of the molecule is CCCCOc1ccc(NC(C)CCC)cc1. The second-order valence-electron chi connectivity index (χ2n) is 4.56. The van der Waals surface area contributed by atoms with E-state index in [-0.39, 0.29) is 0 Å². The monoisotopic (exact) mass is 235 g/mol. The van der Waals surface area contributed by atoms with Crippen LogP contribution in [0.1, 0.15) is 46.5 Å². The molecule has 0 saturated carbocycles. The van der Waals surface area contributed by atoms with Gasteiger partial charge in [-0.3, -0.25) is 0 Å². The Labute approximate surface area is 105 Å². The number of nitrogens with one attached hydrogen (secondary N) is 1. The second kappa shape index (κ2) is 7.99. The summed E-state index contributed by atoms with van der Waals surface area (Å²) in [6.07, 6.45) is 4.71. The molecule has 0 aliphatic rings. The van der Waals surface area contributed by atoms with Crippen molar-refractivity contribution in [2.75, 3.05) is 11.9 Å². The zero-order chi connectivity index (χ0) is 12.5. The van der Waals surface area contributed by atoms with Crippen LogP contribution < -0.4 is 10.1 Å². The Bertz CT molecular complexity index is 294. The molecule has 1 aromatic rings. The third-order valence-corrected chi connectivity index (χ3v) is 2.76. The molecule has 1 atom stereocenters. The summed E-state index contributed by atoms with van der Waals surface area (Å²) in [5.74, 6) is 0.965. The van der Waals surface area contributed by atoms with Gasteiger partial charge >= 0.3 is 0 Å². The smallest absolute Gasteiger partial charge is 0.119 e. The zero-order valence-electron chi connectivity index (χ0n) is 11.3. The fourth-order valence-corrected chi connectivity index (χ4v) is 1.77. The van der Waals surface area contributed by atoms with E-state index in [1.165, 1.54) is 24.9 Å². The molecular formula is C15H25NO. The summed E-state index contributed by atoms with van der Waals surface area (Å²) in [6.45, 7) is 7.42. The van der Waals surface area contributed by atoms with Crippen LogP contribution in [0.2, 0.25) is 0 Å². The van der Waals surface area contributed by atoms with E-state index in [0.717, 1.165) is 18.8 Å². The number of benzene rings is 1. The lowest BCUT2D eigenvalue weighted by atomic mass is 10.2. The molecule has 0 spiro atoms. The van der Waals surface area contributed by atoms with Gasteiger partial charge in [0.2, 0.25) is 0 Å². The molecule has 0 heterocycles. The number of hydrogen-bond donors (Lipinski definition) is 1. The summed E-state index contributed by atoms with van der Waals surface area (Å²) in [7, 11) is 0. The van der Waals surface area contributed by atoms with E-state index >= 15 is 0 Å². The molecule has 96 valence electrons. The van der Waals surface area contributed by atoms with Gasteiger partial charge < -0.3 is 10.1 Å². The highest BCUT2D eigenvalue weighted by atomic mass is 16.5. The molecule has 2 nitrogen and oxygen atoms in total. The number of ether oxygens (including phenoxy) is 1. The fraction of sp³-hybridized carbons (Fsp3) is 0.600. The molecule has 0 aliphatic heterocycles. The van der Waals surface area contributed by atoms with Gasteiger partial charge in [0, 0.05) is 11.7 Å². The Balaban J connectivity index is 2.39. The third-order valence-electron chi connectivity index (χ3n) is 2.76. The van der Waals surface area contributed by atoms with Crippen molar-refractivity contribution in [3.8, 4) is 5.75 Å². The van der Waals surface area contributed by atoms with Crippen molar-refractivity contribution in [1.82, 2.24) is 0 Å². The summed E-state index contributed by atoms with van der Waals surface area (Å²) >= 11 is 0. The molecule has 1 N–H and O–H groups in total. The molecule has 1 rings (SSSR count). The molecule has 0 fully saturated rings. The minimum atomic E-state index is 0.534. The lowest BCUT2D eigenvalue weighted by molar-refractivity contribution is 0.309. The van der Waals surface area contributed by atoms with E-state index in [1.807, 2.05) is 12.1 Å². The molecule has 0 aliphatic carbocycles. The summed E-state index contributed by atoms with van der Waals surface area (Å²) in [4.78, 5) is 0. The van der Waals surface area contributed by atoms with E-state index in [0.29, 0.717) is 6.04 Å².